The van der Waals surface area contributed by atoms with Crippen molar-refractivity contribution in [2.75, 3.05) is 86.2 Å². The van der Waals surface area contributed by atoms with E-state index in [0.717, 1.165) is 7.11 Å². The molecule has 0 bridgehead atoms. The van der Waals surface area contributed by atoms with Gasteiger partial charge in [0, 0.05) is 122 Å². The third-order valence-electron chi connectivity index (χ3n) is 21.9. The highest BCUT2D eigenvalue weighted by Crippen LogP contribution is 2.47. The molecule has 0 aliphatic carbocycles. The smallest absolute Gasteiger partial charge is 0.268 e. The van der Waals surface area contributed by atoms with Gasteiger partial charge in [-0.2, -0.15) is 0 Å². The summed E-state index contributed by atoms with van der Waals surface area (Å²) in [5.41, 5.74) is 0. The molecule has 37 nitrogen and oxygen atoms in total. The fourth-order valence-electron chi connectivity index (χ4n) is 15.0. The monoisotopic (exact) mass is 1680 g/mol. The van der Waals surface area contributed by atoms with Gasteiger partial charge in [-0.15, -0.1) is 0 Å². The van der Waals surface area contributed by atoms with E-state index in [-0.39, 0.29) is 114 Å². The molecule has 0 aromatic heterocycles. The number of ketones is 3. The second kappa shape index (κ2) is 50.4. The van der Waals surface area contributed by atoms with Crippen molar-refractivity contribution in [3.8, 4) is 0 Å². The van der Waals surface area contributed by atoms with Crippen LogP contribution in [-0.4, -0.2) is 297 Å². The third kappa shape index (κ3) is 33.6. The first-order valence-corrected chi connectivity index (χ1v) is 44.7. The lowest BCUT2D eigenvalue weighted by Crippen LogP contribution is -2.55. The number of carbonyl (C=O) groups is 6. The van der Waals surface area contributed by atoms with Gasteiger partial charge in [-0.1, -0.05) is 59.3 Å². The molecule has 3 amide bonds. The predicted molar refractivity (Wildman–Crippen MR) is 392 cm³/mol. The number of nitrogens with zero attached hydrogens (tertiary/aromatic N) is 3. The van der Waals surface area contributed by atoms with Gasteiger partial charge in [-0.05, 0) is 96.3 Å². The molecule has 6 aliphatic rings. The van der Waals surface area contributed by atoms with Crippen LogP contribution in [0.1, 0.15) is 213 Å². The Kier molecular flexibility index (Phi) is 44.1. The van der Waals surface area contributed by atoms with Crippen molar-refractivity contribution in [1.82, 2.24) is 14.7 Å². The average molecular weight is 1680 g/mol. The molecule has 6 aliphatic heterocycles. The number of hydrogen-bond donors (Lipinski definition) is 10. The molecule has 18 unspecified atom stereocenters. The highest BCUT2D eigenvalue weighted by atomic mass is 31.2. The molecule has 0 spiro atoms. The molecule has 10 N–H and O–H groups in total. The van der Waals surface area contributed by atoms with Crippen LogP contribution in [0.15, 0.2) is 0 Å². The Morgan fingerprint density at radius 1 is 0.372 bits per heavy atom. The van der Waals surface area contributed by atoms with E-state index in [9.17, 15) is 108 Å². The summed E-state index contributed by atoms with van der Waals surface area (Å²) in [6, 6.07) is -2.99. The number of amides is 3. The Bertz CT molecular complexity index is 3000. The number of phosphoric ester groups is 3. The maximum Gasteiger partial charge on any atom is 0.268 e. The molecule has 113 heavy (non-hydrogen) atoms. The molecule has 6 rings (SSSR count). The molecular weight excluding hydrogens is 1560 g/mol. The lowest BCUT2D eigenvalue weighted by molar-refractivity contribution is -0.282. The van der Waals surface area contributed by atoms with E-state index in [1.807, 2.05) is 0 Å². The van der Waals surface area contributed by atoms with E-state index in [4.69, 9.17) is 51.0 Å². The normalized spacial score (nSPS) is 31.8. The molecule has 6 fully saturated rings. The van der Waals surface area contributed by atoms with E-state index >= 15 is 0 Å². The first kappa shape index (κ1) is 98.9. The standard InChI is InChI=1S/C73H130N3O34P3/c1-47-65(87)68(90)59(41-77)106-71(47)100-32-20-17-26-53(80)23-11-5-8-14-29-62(84)74-38-56(83)35-50(74)44-104-112(95,96)109-58-37-52(76(40-58)64(86)31-16-10-7-13-25-55(82)28-19-22-34-102-73-49(3)67(89)70(92)61(43-79)108-73)46-105-113(97,98)110-57-36-51(45-103-111(93,94)99-4)75(39-57)63(85)30-15-9-6-12-24-54(81)27-18-21-33-101-72-48(2)66(88)69(91)60(42-78)107-72/h47-52,56-61,65-73,77-79,83,87-92H,5-46H2,1-4H3,(H,93,94)(H,95,96)(H,97,98)/p-3/t47?,48?,49?,50-,51-,52-,56+,57+,58+,59?,60?,61?,65?,66?,67?,68?,69?,70?,71?,72?,73?/m0/s1. The molecule has 40 heteroatoms. The molecule has 0 aromatic carbocycles. The van der Waals surface area contributed by atoms with Crippen LogP contribution in [0.5, 0.6) is 0 Å². The summed E-state index contributed by atoms with van der Waals surface area (Å²) in [5, 5.41) is 100. The van der Waals surface area contributed by atoms with Gasteiger partial charge in [-0.3, -0.25) is 42.5 Å². The van der Waals surface area contributed by atoms with Crippen LogP contribution in [0.3, 0.4) is 0 Å². The number of phosphoric acid groups is 3. The number of likely N-dealkylation sites (tertiary alicyclic amines) is 3. The number of Topliss-reactive ketones (excluding diaryl/α,β-unsaturated/α-hetero) is 3. The van der Waals surface area contributed by atoms with Crippen LogP contribution in [-0.2, 0) is 98.0 Å². The van der Waals surface area contributed by atoms with Crippen molar-refractivity contribution in [1.29, 1.82) is 0 Å². The lowest BCUT2D eigenvalue weighted by Gasteiger charge is -2.40. The van der Waals surface area contributed by atoms with E-state index in [1.54, 1.807) is 20.8 Å². The predicted octanol–water partition coefficient (Wildman–Crippen LogP) is 1.54. The van der Waals surface area contributed by atoms with Crippen molar-refractivity contribution in [3.63, 3.8) is 0 Å². The Balaban J connectivity index is 0.951. The second-order valence-electron chi connectivity index (χ2n) is 30.9. The van der Waals surface area contributed by atoms with Gasteiger partial charge < -0.3 is 136 Å². The Labute approximate surface area is 662 Å². The number of aliphatic hydroxyl groups excluding tert-OH is 10. The van der Waals surface area contributed by atoms with E-state index in [1.165, 1.54) is 14.7 Å². The quantitative estimate of drug-likeness (QED) is 0.0305. The lowest BCUT2D eigenvalue weighted by atomic mass is 9.92. The zero-order chi connectivity index (χ0) is 83.0. The fraction of sp³-hybridized carbons (Fsp3) is 0.918. The number of hydrogen-bond acceptors (Lipinski definition) is 34. The van der Waals surface area contributed by atoms with E-state index in [2.05, 4.69) is 4.52 Å². The zero-order valence-corrected chi connectivity index (χ0v) is 68.5. The summed E-state index contributed by atoms with van der Waals surface area (Å²) < 4.78 is 105. The number of ether oxygens (including phenoxy) is 6. The maximum atomic E-state index is 14.1. The summed E-state index contributed by atoms with van der Waals surface area (Å²) >= 11 is 0. The summed E-state index contributed by atoms with van der Waals surface area (Å²) in [7, 11) is -14.6. The Morgan fingerprint density at radius 2 is 0.637 bits per heavy atom. The number of β-amino-alcohol motifs (C(OH)–C–C–N with tert-alkyl or cyclic N) is 1. The van der Waals surface area contributed by atoms with Crippen LogP contribution in [0, 0.1) is 17.8 Å². The van der Waals surface area contributed by atoms with E-state index in [0.29, 0.717) is 141 Å². The van der Waals surface area contributed by atoms with Gasteiger partial charge in [0.05, 0.1) is 94.4 Å². The largest absolute Gasteiger partial charge is 0.756 e. The minimum atomic E-state index is -5.36. The third-order valence-corrected chi connectivity index (χ3v) is 24.9. The average Bonchev–Trinajstić information content (AvgIpc) is 1.18. The van der Waals surface area contributed by atoms with Gasteiger partial charge in [0.25, 0.3) is 23.5 Å². The molecule has 0 radical (unpaired) electrons. The maximum absolute atomic E-state index is 14.1. The second-order valence-corrected chi connectivity index (χ2v) is 35.1. The summed E-state index contributed by atoms with van der Waals surface area (Å²) in [6.45, 7) is 1.49. The van der Waals surface area contributed by atoms with Gasteiger partial charge in [0.2, 0.25) is 17.7 Å². The van der Waals surface area contributed by atoms with Gasteiger partial charge in [-0.25, -0.2) is 0 Å². The molecule has 24 atom stereocenters. The molecule has 0 aromatic rings. The minimum Gasteiger partial charge on any atom is -0.756 e. The fourth-order valence-corrected chi connectivity index (χ4v) is 17.3. The highest BCUT2D eigenvalue weighted by Gasteiger charge is 2.47. The summed E-state index contributed by atoms with van der Waals surface area (Å²) in [6.07, 6.45) is -5.38. The van der Waals surface area contributed by atoms with Gasteiger partial charge >= 0.3 is 0 Å². The van der Waals surface area contributed by atoms with Crippen LogP contribution in [0.2, 0.25) is 0 Å². The van der Waals surface area contributed by atoms with Crippen molar-refractivity contribution in [3.05, 3.63) is 0 Å². The van der Waals surface area contributed by atoms with Crippen molar-refractivity contribution in [2.45, 2.75) is 324 Å². The van der Waals surface area contributed by atoms with Crippen LogP contribution in [0.25, 0.3) is 0 Å². The van der Waals surface area contributed by atoms with Crippen LogP contribution >= 0.6 is 23.5 Å². The van der Waals surface area contributed by atoms with Crippen molar-refractivity contribution < 1.29 is 164 Å². The zero-order valence-electron chi connectivity index (χ0n) is 65.8. The minimum absolute atomic E-state index is 0.00618. The molecule has 6 heterocycles. The van der Waals surface area contributed by atoms with Crippen LogP contribution < -0.4 is 14.7 Å². The van der Waals surface area contributed by atoms with Gasteiger partial charge in [0.15, 0.2) is 18.9 Å². The molecule has 6 saturated heterocycles. The number of aliphatic hydroxyl groups is 10. The topological polar surface area (TPSA) is 546 Å². The SMILES string of the molecule is COP(=O)([O-])OC[C@@H]1C[C@@H](OP(=O)([O-])OC[C@@H]2C[C@@H](OP(=O)([O-])OC[C@@H]3C[C@@H](O)CN3C(=O)CCCCCCC(=O)CCCCOC3OC(CO)C(O)C(O)C3C)CN2C(=O)CCCCCCC(=O)CCCCOC2OC(CO)C(O)C(O)C2C)CN1C(=O)CCCCCCC(=O)CCCCOC1OC(CO)C(O)C(O)C1C. The Morgan fingerprint density at radius 3 is 0.929 bits per heavy atom. The van der Waals surface area contributed by atoms with Gasteiger partial charge in [0.1, 0.15) is 54.0 Å². The molecule has 0 saturated carbocycles. The summed E-state index contributed by atoms with van der Waals surface area (Å²) in [5.74, 6) is -2.83. The van der Waals surface area contributed by atoms with Crippen molar-refractivity contribution in [2.24, 2.45) is 17.8 Å². The van der Waals surface area contributed by atoms with E-state index < -0.39 is 203 Å². The number of carbonyl (C=O) groups excluding carboxylic acids is 6. The molecule has 656 valence electrons. The first-order chi connectivity index (χ1) is 53.7. The summed E-state index contributed by atoms with van der Waals surface area (Å²) in [4.78, 5) is 123. The highest BCUT2D eigenvalue weighted by molar-refractivity contribution is 7.46. The van der Waals surface area contributed by atoms with Crippen molar-refractivity contribution >= 4 is 58.5 Å². The number of unbranched alkanes of at least 4 members (excludes halogenated alkanes) is 12. The number of rotatable bonds is 56. The first-order valence-electron chi connectivity index (χ1n) is 40.3. The Hall–Kier alpha value is -2.89. The van der Waals surface area contributed by atoms with Crippen LogP contribution in [0.4, 0.5) is 0 Å². The molecular formula is C73H127N3O34P3-3.